The second-order valence-electron chi connectivity index (χ2n) is 7.98. The lowest BCUT2D eigenvalue weighted by molar-refractivity contribution is 0.415. The van der Waals surface area contributed by atoms with Crippen molar-refractivity contribution in [3.05, 3.63) is 97.0 Å². The summed E-state index contributed by atoms with van der Waals surface area (Å²) in [4.78, 5) is 9.47. The Kier molecular flexibility index (Phi) is 4.18. The number of aryl methyl sites for hydroxylation is 1. The first-order valence-electron chi connectivity index (χ1n) is 10.6. The normalized spacial score (nSPS) is 11.4. The molecule has 4 heteroatoms. The lowest BCUT2D eigenvalue weighted by Gasteiger charge is -2.11. The summed E-state index contributed by atoms with van der Waals surface area (Å²) >= 11 is 0. The van der Waals surface area contributed by atoms with Crippen LogP contribution in [0.4, 0.5) is 0 Å². The number of hydrogen-bond acceptors (Lipinski definition) is 3. The molecule has 0 amide bonds. The highest BCUT2D eigenvalue weighted by molar-refractivity contribution is 6.05. The van der Waals surface area contributed by atoms with Gasteiger partial charge in [0.05, 0.1) is 24.3 Å². The molecular weight excluding hydrogens is 394 g/mol. The van der Waals surface area contributed by atoms with Crippen LogP contribution in [0.2, 0.25) is 0 Å². The maximum Gasteiger partial charge on any atom is 0.119 e. The zero-order valence-electron chi connectivity index (χ0n) is 17.9. The Balaban J connectivity index is 1.59. The summed E-state index contributed by atoms with van der Waals surface area (Å²) in [5, 5.41) is 3.57. The maximum absolute atomic E-state index is 5.33. The number of ether oxygens (including phenoxy) is 1. The molecule has 2 aromatic heterocycles. The van der Waals surface area contributed by atoms with Crippen molar-refractivity contribution in [1.82, 2.24) is 14.5 Å². The molecule has 0 fully saturated rings. The first-order valence-corrected chi connectivity index (χ1v) is 10.6. The Morgan fingerprint density at radius 2 is 1.50 bits per heavy atom. The summed E-state index contributed by atoms with van der Waals surface area (Å²) in [7, 11) is 1.68. The van der Waals surface area contributed by atoms with Crippen LogP contribution in [0.3, 0.4) is 0 Å². The quantitative estimate of drug-likeness (QED) is 0.322. The Hall–Kier alpha value is -4.18. The fourth-order valence-corrected chi connectivity index (χ4v) is 4.47. The van der Waals surface area contributed by atoms with E-state index in [1.807, 2.05) is 25.3 Å². The van der Waals surface area contributed by atoms with Crippen LogP contribution in [-0.2, 0) is 0 Å². The molecule has 154 valence electrons. The minimum absolute atomic E-state index is 0.834. The van der Waals surface area contributed by atoms with Gasteiger partial charge in [-0.15, -0.1) is 0 Å². The highest BCUT2D eigenvalue weighted by Gasteiger charge is 2.14. The van der Waals surface area contributed by atoms with Crippen molar-refractivity contribution in [2.24, 2.45) is 0 Å². The molecule has 0 spiro atoms. The summed E-state index contributed by atoms with van der Waals surface area (Å²) < 4.78 is 7.53. The number of nitrogens with zero attached hydrogens (tertiary/aromatic N) is 3. The van der Waals surface area contributed by atoms with E-state index >= 15 is 0 Å². The van der Waals surface area contributed by atoms with Gasteiger partial charge in [-0.2, -0.15) is 0 Å². The predicted octanol–water partition coefficient (Wildman–Crippen LogP) is 6.71. The molecule has 0 bridgehead atoms. The fraction of sp³-hybridized carbons (Fsp3) is 0.0714. The van der Waals surface area contributed by atoms with Gasteiger partial charge < -0.3 is 4.74 Å². The standard InChI is InChI=1S/C28H21N3O/c1-18-30-27-17-29-26-14-9-22(21-8-7-19-5-3-4-6-20(19)15-21)16-25(26)28(27)31(18)23-10-12-24(32-2)13-11-23/h3-17H,1-2H3. The largest absolute Gasteiger partial charge is 0.497 e. The van der Waals surface area contributed by atoms with E-state index in [4.69, 9.17) is 9.72 Å². The molecule has 2 heterocycles. The van der Waals surface area contributed by atoms with Gasteiger partial charge in [0.15, 0.2) is 0 Å². The SMILES string of the molecule is COc1ccc(-n2c(C)nc3cnc4ccc(-c5ccc6ccccc6c5)cc4c32)cc1. The van der Waals surface area contributed by atoms with E-state index in [0.29, 0.717) is 0 Å². The van der Waals surface area contributed by atoms with E-state index < -0.39 is 0 Å². The number of rotatable bonds is 3. The van der Waals surface area contributed by atoms with Gasteiger partial charge in [0.2, 0.25) is 0 Å². The Labute approximate surface area is 185 Å². The summed E-state index contributed by atoms with van der Waals surface area (Å²) in [5.74, 6) is 1.76. The molecule has 0 saturated carbocycles. The molecule has 4 aromatic carbocycles. The minimum atomic E-state index is 0.834. The van der Waals surface area contributed by atoms with Gasteiger partial charge in [0.1, 0.15) is 17.1 Å². The number of fused-ring (bicyclic) bond motifs is 4. The molecule has 0 atom stereocenters. The van der Waals surface area contributed by atoms with E-state index in [0.717, 1.165) is 44.8 Å². The van der Waals surface area contributed by atoms with E-state index in [1.165, 1.54) is 16.3 Å². The summed E-state index contributed by atoms with van der Waals surface area (Å²) in [6.45, 7) is 2.03. The minimum Gasteiger partial charge on any atom is -0.497 e. The van der Waals surface area contributed by atoms with Crippen LogP contribution in [0.15, 0.2) is 91.1 Å². The first kappa shape index (κ1) is 18.6. The van der Waals surface area contributed by atoms with Gasteiger partial charge in [-0.3, -0.25) is 9.55 Å². The zero-order chi connectivity index (χ0) is 21.7. The number of methoxy groups -OCH3 is 1. The Bertz CT molecular complexity index is 1610. The molecule has 0 N–H and O–H groups in total. The van der Waals surface area contributed by atoms with Crippen LogP contribution in [0.1, 0.15) is 5.82 Å². The van der Waals surface area contributed by atoms with Crippen LogP contribution >= 0.6 is 0 Å². The fourth-order valence-electron chi connectivity index (χ4n) is 4.47. The second kappa shape index (κ2) is 7.20. The summed E-state index contributed by atoms with van der Waals surface area (Å²) in [5.41, 5.74) is 6.32. The van der Waals surface area contributed by atoms with Crippen LogP contribution in [0.5, 0.6) is 5.75 Å². The van der Waals surface area contributed by atoms with Crippen molar-refractivity contribution in [3.63, 3.8) is 0 Å². The van der Waals surface area contributed by atoms with Gasteiger partial charge in [-0.25, -0.2) is 4.98 Å². The van der Waals surface area contributed by atoms with Gasteiger partial charge in [-0.1, -0.05) is 42.5 Å². The molecule has 0 aliphatic rings. The second-order valence-corrected chi connectivity index (χ2v) is 7.98. The van der Waals surface area contributed by atoms with Crippen molar-refractivity contribution in [3.8, 4) is 22.6 Å². The predicted molar refractivity (Wildman–Crippen MR) is 131 cm³/mol. The molecule has 0 unspecified atom stereocenters. The smallest absolute Gasteiger partial charge is 0.119 e. The van der Waals surface area contributed by atoms with Crippen LogP contribution in [0, 0.1) is 6.92 Å². The van der Waals surface area contributed by atoms with E-state index in [-0.39, 0.29) is 0 Å². The average Bonchev–Trinajstić information content (AvgIpc) is 3.19. The van der Waals surface area contributed by atoms with Crippen molar-refractivity contribution < 1.29 is 4.74 Å². The first-order chi connectivity index (χ1) is 15.7. The number of aromatic nitrogens is 3. The summed E-state index contributed by atoms with van der Waals surface area (Å²) in [6.07, 6.45) is 1.86. The molecular formula is C28H21N3O. The lowest BCUT2D eigenvalue weighted by atomic mass is 9.99. The van der Waals surface area contributed by atoms with Crippen molar-refractivity contribution in [2.75, 3.05) is 7.11 Å². The molecule has 32 heavy (non-hydrogen) atoms. The maximum atomic E-state index is 5.33. The number of imidazole rings is 1. The highest BCUT2D eigenvalue weighted by atomic mass is 16.5. The third-order valence-corrected chi connectivity index (χ3v) is 6.06. The molecule has 0 saturated heterocycles. The van der Waals surface area contributed by atoms with Crippen LogP contribution in [0.25, 0.3) is 49.5 Å². The molecule has 0 aliphatic carbocycles. The number of hydrogen-bond donors (Lipinski definition) is 0. The van der Waals surface area contributed by atoms with Gasteiger partial charge in [-0.05, 0) is 71.3 Å². The molecule has 6 aromatic rings. The molecule has 0 aliphatic heterocycles. The van der Waals surface area contributed by atoms with E-state index in [2.05, 4.69) is 82.3 Å². The van der Waals surface area contributed by atoms with E-state index in [1.54, 1.807) is 7.11 Å². The van der Waals surface area contributed by atoms with Crippen LogP contribution in [-0.4, -0.2) is 21.6 Å². The molecule has 4 nitrogen and oxygen atoms in total. The number of benzene rings is 4. The van der Waals surface area contributed by atoms with Crippen LogP contribution < -0.4 is 4.74 Å². The van der Waals surface area contributed by atoms with Gasteiger partial charge in [0.25, 0.3) is 0 Å². The van der Waals surface area contributed by atoms with Crippen molar-refractivity contribution in [1.29, 1.82) is 0 Å². The lowest BCUT2D eigenvalue weighted by Crippen LogP contribution is -1.98. The average molecular weight is 415 g/mol. The van der Waals surface area contributed by atoms with Gasteiger partial charge in [0, 0.05) is 11.1 Å². The third-order valence-electron chi connectivity index (χ3n) is 6.06. The summed E-state index contributed by atoms with van der Waals surface area (Å²) in [6, 6.07) is 29.6. The highest BCUT2D eigenvalue weighted by Crippen LogP contribution is 2.32. The van der Waals surface area contributed by atoms with Crippen molar-refractivity contribution in [2.45, 2.75) is 6.92 Å². The third kappa shape index (κ3) is 2.92. The van der Waals surface area contributed by atoms with Gasteiger partial charge >= 0.3 is 0 Å². The monoisotopic (exact) mass is 415 g/mol. The van der Waals surface area contributed by atoms with Crippen molar-refractivity contribution >= 4 is 32.7 Å². The molecule has 0 radical (unpaired) electrons. The topological polar surface area (TPSA) is 39.9 Å². The Morgan fingerprint density at radius 1 is 0.750 bits per heavy atom. The van der Waals surface area contributed by atoms with E-state index in [9.17, 15) is 0 Å². The molecule has 6 rings (SSSR count). The Morgan fingerprint density at radius 3 is 2.31 bits per heavy atom. The number of pyridine rings is 1. The zero-order valence-corrected chi connectivity index (χ0v) is 17.9.